The zero-order valence-electron chi connectivity index (χ0n) is 15.6. The Morgan fingerprint density at radius 1 is 1.15 bits per heavy atom. The van der Waals surface area contributed by atoms with Gasteiger partial charge in [-0.2, -0.15) is 4.31 Å². The maximum Gasteiger partial charge on any atom is 0.251 e. The fourth-order valence-electron chi connectivity index (χ4n) is 3.14. The minimum atomic E-state index is -3.62. The van der Waals surface area contributed by atoms with E-state index < -0.39 is 10.0 Å². The van der Waals surface area contributed by atoms with Gasteiger partial charge in [0.15, 0.2) is 0 Å². The number of hydrogen-bond donors (Lipinski definition) is 1. The average molecular weight is 392 g/mol. The highest BCUT2D eigenvalue weighted by Gasteiger charge is 2.32. The van der Waals surface area contributed by atoms with Crippen molar-refractivity contribution in [3.8, 4) is 0 Å². The minimum absolute atomic E-state index is 0.156. The average Bonchev–Trinajstić information content (AvgIpc) is 3.16. The minimum Gasteiger partial charge on any atom is -0.467 e. The molecule has 2 aromatic rings. The van der Waals surface area contributed by atoms with Crippen LogP contribution in [0.15, 0.2) is 52.0 Å². The number of hydrogen-bond acceptors (Lipinski definition) is 5. The molecule has 1 aromatic heterocycles. The van der Waals surface area contributed by atoms with E-state index in [-0.39, 0.29) is 29.1 Å². The van der Waals surface area contributed by atoms with Crippen molar-refractivity contribution in [3.05, 3.63) is 54.0 Å². The summed E-state index contributed by atoms with van der Waals surface area (Å²) in [7, 11) is -3.62. The van der Waals surface area contributed by atoms with Crippen LogP contribution < -0.4 is 5.32 Å². The predicted octanol–water partition coefficient (Wildman–Crippen LogP) is 2.57. The molecule has 2 heterocycles. The van der Waals surface area contributed by atoms with Gasteiger partial charge in [0.05, 0.1) is 29.4 Å². The van der Waals surface area contributed by atoms with Gasteiger partial charge in [-0.05, 0) is 57.2 Å². The van der Waals surface area contributed by atoms with Gasteiger partial charge in [-0.1, -0.05) is 0 Å². The van der Waals surface area contributed by atoms with Crippen molar-refractivity contribution in [1.82, 2.24) is 9.62 Å². The molecule has 1 aliphatic rings. The molecule has 7 nitrogen and oxygen atoms in total. The van der Waals surface area contributed by atoms with Crippen molar-refractivity contribution in [3.63, 3.8) is 0 Å². The second-order valence-corrected chi connectivity index (χ2v) is 8.75. The van der Waals surface area contributed by atoms with Crippen LogP contribution in [0.3, 0.4) is 0 Å². The molecule has 3 rings (SSSR count). The van der Waals surface area contributed by atoms with E-state index in [0.717, 1.165) is 0 Å². The standard InChI is InChI=1S/C19H24N2O5S/c1-13-11-21(12-14(2)26-13)27(23,24)17-8-6-16(7-9-17)19(22)20-15(3)18-5-4-10-25-18/h4-10,13-15H,11-12H2,1-3H3,(H,20,22)/t13-,14-,15+/m1/s1. The smallest absolute Gasteiger partial charge is 0.251 e. The highest BCUT2D eigenvalue weighted by atomic mass is 32.2. The number of rotatable bonds is 5. The Balaban J connectivity index is 1.71. The Bertz CT molecular complexity index is 867. The van der Waals surface area contributed by atoms with Crippen molar-refractivity contribution >= 4 is 15.9 Å². The molecule has 1 saturated heterocycles. The molecule has 146 valence electrons. The molecular formula is C19H24N2O5S. The Morgan fingerprint density at radius 2 is 1.78 bits per heavy atom. The number of furan rings is 1. The van der Waals surface area contributed by atoms with Gasteiger partial charge >= 0.3 is 0 Å². The molecule has 1 amide bonds. The summed E-state index contributed by atoms with van der Waals surface area (Å²) in [4.78, 5) is 12.5. The molecule has 0 saturated carbocycles. The van der Waals surface area contributed by atoms with Crippen LogP contribution in [-0.2, 0) is 14.8 Å². The number of sulfonamides is 1. The first-order chi connectivity index (χ1) is 12.8. The van der Waals surface area contributed by atoms with Crippen molar-refractivity contribution in [1.29, 1.82) is 0 Å². The van der Waals surface area contributed by atoms with Crippen molar-refractivity contribution in [2.24, 2.45) is 0 Å². The van der Waals surface area contributed by atoms with Gasteiger partial charge in [-0.25, -0.2) is 8.42 Å². The molecule has 3 atom stereocenters. The normalized spacial score (nSPS) is 22.3. The number of ether oxygens (including phenoxy) is 1. The van der Waals surface area contributed by atoms with E-state index >= 15 is 0 Å². The second kappa shape index (κ2) is 7.84. The SMILES string of the molecule is C[C@@H]1CN(S(=O)(=O)c2ccc(C(=O)N[C@@H](C)c3ccco3)cc2)C[C@@H](C)O1. The fourth-order valence-corrected chi connectivity index (χ4v) is 4.73. The quantitative estimate of drug-likeness (QED) is 0.845. The van der Waals surface area contributed by atoms with Gasteiger partial charge in [0, 0.05) is 18.7 Å². The van der Waals surface area contributed by atoms with Crippen LogP contribution in [0.1, 0.15) is 42.9 Å². The molecule has 1 aromatic carbocycles. The highest BCUT2D eigenvalue weighted by Crippen LogP contribution is 2.22. The second-order valence-electron chi connectivity index (χ2n) is 6.81. The Morgan fingerprint density at radius 3 is 2.33 bits per heavy atom. The van der Waals surface area contributed by atoms with Gasteiger partial charge in [0.25, 0.3) is 5.91 Å². The summed E-state index contributed by atoms with van der Waals surface area (Å²) in [6.45, 7) is 6.15. The molecule has 0 bridgehead atoms. The van der Waals surface area contributed by atoms with Crippen LogP contribution in [0, 0.1) is 0 Å². The molecular weight excluding hydrogens is 368 g/mol. The molecule has 27 heavy (non-hydrogen) atoms. The van der Waals surface area contributed by atoms with Crippen molar-refractivity contribution in [2.45, 2.75) is 43.9 Å². The molecule has 0 aliphatic carbocycles. The lowest BCUT2D eigenvalue weighted by Gasteiger charge is -2.34. The number of carbonyl (C=O) groups excluding carboxylic acids is 1. The monoisotopic (exact) mass is 392 g/mol. The lowest BCUT2D eigenvalue weighted by Crippen LogP contribution is -2.48. The highest BCUT2D eigenvalue weighted by molar-refractivity contribution is 7.89. The zero-order valence-corrected chi connectivity index (χ0v) is 16.4. The Kier molecular flexibility index (Phi) is 5.69. The van der Waals surface area contributed by atoms with E-state index in [2.05, 4.69) is 5.32 Å². The summed E-state index contributed by atoms with van der Waals surface area (Å²) in [5.74, 6) is 0.356. The molecule has 1 aliphatic heterocycles. The number of nitrogens with zero attached hydrogens (tertiary/aromatic N) is 1. The van der Waals surface area contributed by atoms with E-state index in [0.29, 0.717) is 24.4 Å². The Hall–Kier alpha value is -2.16. The van der Waals surface area contributed by atoms with Crippen molar-refractivity contribution < 1.29 is 22.4 Å². The van der Waals surface area contributed by atoms with Crippen LogP contribution >= 0.6 is 0 Å². The summed E-state index contributed by atoms with van der Waals surface area (Å²) < 4.78 is 38.0. The first-order valence-electron chi connectivity index (χ1n) is 8.87. The van der Waals surface area contributed by atoms with Crippen LogP contribution in [0.25, 0.3) is 0 Å². The number of morpholine rings is 1. The van der Waals surface area contributed by atoms with E-state index in [4.69, 9.17) is 9.15 Å². The van der Waals surface area contributed by atoms with Gasteiger partial charge < -0.3 is 14.5 Å². The number of nitrogens with one attached hydrogen (secondary N) is 1. The molecule has 8 heteroatoms. The molecule has 0 radical (unpaired) electrons. The number of carbonyl (C=O) groups is 1. The van der Waals surface area contributed by atoms with Crippen LogP contribution in [-0.4, -0.2) is 43.9 Å². The fraction of sp³-hybridized carbons (Fsp3) is 0.421. The third kappa shape index (κ3) is 4.40. The number of amides is 1. The van der Waals surface area contributed by atoms with E-state index in [9.17, 15) is 13.2 Å². The molecule has 0 unspecified atom stereocenters. The molecule has 1 N–H and O–H groups in total. The largest absolute Gasteiger partial charge is 0.467 e. The molecule has 1 fully saturated rings. The van der Waals surface area contributed by atoms with Crippen LogP contribution in [0.5, 0.6) is 0 Å². The van der Waals surface area contributed by atoms with Crippen LogP contribution in [0.4, 0.5) is 0 Å². The maximum atomic E-state index is 12.9. The van der Waals surface area contributed by atoms with Crippen LogP contribution in [0.2, 0.25) is 0 Å². The van der Waals surface area contributed by atoms with Gasteiger partial charge in [-0.3, -0.25) is 4.79 Å². The van der Waals surface area contributed by atoms with E-state index in [1.165, 1.54) is 28.6 Å². The first-order valence-corrected chi connectivity index (χ1v) is 10.3. The summed E-state index contributed by atoms with van der Waals surface area (Å²) in [5.41, 5.74) is 0.385. The third-order valence-corrected chi connectivity index (χ3v) is 6.30. The van der Waals surface area contributed by atoms with Gasteiger partial charge in [-0.15, -0.1) is 0 Å². The van der Waals surface area contributed by atoms with Crippen molar-refractivity contribution in [2.75, 3.05) is 13.1 Å². The zero-order chi connectivity index (χ0) is 19.6. The van der Waals surface area contributed by atoms with Gasteiger partial charge in [0.2, 0.25) is 10.0 Å². The summed E-state index contributed by atoms with van der Waals surface area (Å²) in [6, 6.07) is 9.22. The van der Waals surface area contributed by atoms with E-state index in [1.807, 2.05) is 20.8 Å². The lowest BCUT2D eigenvalue weighted by molar-refractivity contribution is -0.0440. The maximum absolute atomic E-state index is 12.9. The first kappa shape index (κ1) is 19.6. The van der Waals surface area contributed by atoms with Gasteiger partial charge in [0.1, 0.15) is 5.76 Å². The Labute approximate surface area is 159 Å². The summed E-state index contributed by atoms with van der Waals surface area (Å²) in [6.07, 6.45) is 1.23. The number of benzene rings is 1. The lowest BCUT2D eigenvalue weighted by atomic mass is 10.2. The topological polar surface area (TPSA) is 88.9 Å². The summed E-state index contributed by atoms with van der Waals surface area (Å²) in [5, 5.41) is 2.82. The molecule has 0 spiro atoms. The van der Waals surface area contributed by atoms with E-state index in [1.54, 1.807) is 18.4 Å². The summed E-state index contributed by atoms with van der Waals surface area (Å²) >= 11 is 0. The predicted molar refractivity (Wildman–Crippen MR) is 99.8 cm³/mol. The third-order valence-electron chi connectivity index (χ3n) is 4.46.